The number of nitrogens with two attached hydrogens (primary N) is 1. The van der Waals surface area contributed by atoms with E-state index in [2.05, 4.69) is 36.3 Å². The Bertz CT molecular complexity index is 1050. The molecule has 0 saturated heterocycles. The summed E-state index contributed by atoms with van der Waals surface area (Å²) in [7, 11) is -1.86. The molecule has 0 bridgehead atoms. The molecule has 3 aromatic rings. The Morgan fingerprint density at radius 2 is 1.96 bits per heavy atom. The maximum atomic E-state index is 11.3. The lowest BCUT2D eigenvalue weighted by atomic mass is 10.2. The van der Waals surface area contributed by atoms with Gasteiger partial charge >= 0.3 is 0 Å². The molecular formula is C15H17BrN6O2S2. The van der Waals surface area contributed by atoms with E-state index in [0.29, 0.717) is 22.1 Å². The molecule has 138 valence electrons. The van der Waals surface area contributed by atoms with Gasteiger partial charge in [-0.15, -0.1) is 0 Å². The van der Waals surface area contributed by atoms with Crippen molar-refractivity contribution in [2.75, 3.05) is 11.1 Å². The molecular weight excluding hydrogens is 440 g/mol. The average molecular weight is 457 g/mol. The molecule has 3 rings (SSSR count). The Morgan fingerprint density at radius 1 is 1.27 bits per heavy atom. The molecule has 0 saturated carbocycles. The summed E-state index contributed by atoms with van der Waals surface area (Å²) in [6.45, 7) is 2.51. The van der Waals surface area contributed by atoms with Gasteiger partial charge in [0.05, 0.1) is 10.3 Å². The first-order valence-corrected chi connectivity index (χ1v) is 11.0. The quantitative estimate of drug-likeness (QED) is 0.432. The lowest BCUT2D eigenvalue weighted by molar-refractivity contribution is 0.598. The molecule has 2 aromatic heterocycles. The number of aryl methyl sites for hydroxylation is 1. The highest BCUT2D eigenvalue weighted by Gasteiger charge is 2.16. The highest BCUT2D eigenvalue weighted by atomic mass is 79.9. The number of rotatable bonds is 6. The number of hydrogen-bond donors (Lipinski definition) is 2. The number of thioether (sulfide) groups is 1. The topological polar surface area (TPSA) is 116 Å². The van der Waals surface area contributed by atoms with Gasteiger partial charge in [-0.05, 0) is 39.4 Å². The molecule has 0 aliphatic heterocycles. The molecule has 26 heavy (non-hydrogen) atoms. The molecule has 0 aliphatic carbocycles. The van der Waals surface area contributed by atoms with Gasteiger partial charge in [0, 0.05) is 13.6 Å². The summed E-state index contributed by atoms with van der Waals surface area (Å²) in [6.07, 6.45) is 0. The third-order valence-corrected chi connectivity index (χ3v) is 5.82. The number of primary sulfonamides is 1. The highest BCUT2D eigenvalue weighted by molar-refractivity contribution is 9.10. The van der Waals surface area contributed by atoms with Crippen molar-refractivity contribution in [1.82, 2.24) is 19.7 Å². The van der Waals surface area contributed by atoms with Crippen LogP contribution < -0.4 is 10.5 Å². The minimum absolute atomic E-state index is 0.0855. The van der Waals surface area contributed by atoms with Gasteiger partial charge in [0.1, 0.15) is 10.4 Å². The van der Waals surface area contributed by atoms with E-state index in [4.69, 9.17) is 5.14 Å². The first-order valence-electron chi connectivity index (χ1n) is 7.68. The Morgan fingerprint density at radius 3 is 2.58 bits per heavy atom. The van der Waals surface area contributed by atoms with Crippen molar-refractivity contribution in [1.29, 1.82) is 0 Å². The lowest BCUT2D eigenvalue weighted by Crippen LogP contribution is -2.12. The third-order valence-electron chi connectivity index (χ3n) is 3.61. The van der Waals surface area contributed by atoms with Crippen molar-refractivity contribution in [2.24, 2.45) is 12.2 Å². The minimum Gasteiger partial charge on any atom is -0.365 e. The van der Waals surface area contributed by atoms with Gasteiger partial charge in [-0.25, -0.2) is 28.2 Å². The lowest BCUT2D eigenvalue weighted by Gasteiger charge is -2.09. The molecule has 8 nitrogen and oxygen atoms in total. The molecule has 0 amide bonds. The Labute approximate surface area is 163 Å². The predicted octanol–water partition coefficient (Wildman–Crippen LogP) is 2.50. The Balaban J connectivity index is 1.90. The van der Waals surface area contributed by atoms with Crippen molar-refractivity contribution in [2.45, 2.75) is 23.5 Å². The van der Waals surface area contributed by atoms with Crippen LogP contribution in [0.5, 0.6) is 0 Å². The van der Waals surface area contributed by atoms with Crippen molar-refractivity contribution in [3.05, 3.63) is 34.4 Å². The predicted molar refractivity (Wildman–Crippen MR) is 106 cm³/mol. The zero-order valence-corrected chi connectivity index (χ0v) is 17.3. The first-order chi connectivity index (χ1) is 12.3. The van der Waals surface area contributed by atoms with Crippen molar-refractivity contribution in [3.63, 3.8) is 0 Å². The van der Waals surface area contributed by atoms with E-state index in [1.165, 1.54) is 12.1 Å². The van der Waals surface area contributed by atoms with E-state index >= 15 is 0 Å². The van der Waals surface area contributed by atoms with E-state index in [1.807, 2.05) is 14.0 Å². The van der Waals surface area contributed by atoms with E-state index in [1.54, 1.807) is 28.6 Å². The molecule has 2 heterocycles. The van der Waals surface area contributed by atoms with Crippen LogP contribution in [-0.2, 0) is 23.6 Å². The fourth-order valence-electron chi connectivity index (χ4n) is 2.39. The molecule has 3 N–H and O–H groups in total. The first kappa shape index (κ1) is 19.1. The molecule has 0 aliphatic rings. The maximum Gasteiger partial charge on any atom is 0.238 e. The SMILES string of the molecule is CCSc1nc(NCc2ccc(S(N)(=O)=O)cc2)c2c(Br)nn(C)c2n1. The van der Waals surface area contributed by atoms with Crippen LogP contribution in [0.4, 0.5) is 5.82 Å². The number of hydrogen-bond acceptors (Lipinski definition) is 7. The van der Waals surface area contributed by atoms with Gasteiger partial charge in [0.2, 0.25) is 10.0 Å². The standard InChI is InChI=1S/C15H17BrN6O2S2/c1-3-25-15-19-13(11-12(16)21-22(2)14(11)20-15)18-8-9-4-6-10(7-5-9)26(17,23)24/h4-7H,3,8H2,1-2H3,(H2,17,23,24)(H,18,19,20). The second-order valence-corrected chi connectivity index (χ2v) is 8.99. The molecule has 0 radical (unpaired) electrons. The third kappa shape index (κ3) is 4.00. The van der Waals surface area contributed by atoms with Gasteiger partial charge in [0.25, 0.3) is 0 Å². The molecule has 1 aromatic carbocycles. The Hall–Kier alpha value is -1.69. The smallest absolute Gasteiger partial charge is 0.238 e. The van der Waals surface area contributed by atoms with E-state index < -0.39 is 10.0 Å². The fourth-order valence-corrected chi connectivity index (χ4v) is 4.07. The highest BCUT2D eigenvalue weighted by Crippen LogP contribution is 2.30. The molecule has 0 atom stereocenters. The van der Waals surface area contributed by atoms with E-state index in [9.17, 15) is 8.42 Å². The number of nitrogens with one attached hydrogen (secondary N) is 1. The zero-order valence-electron chi connectivity index (χ0n) is 14.1. The van der Waals surface area contributed by atoms with Crippen LogP contribution in [0, 0.1) is 0 Å². The summed E-state index contributed by atoms with van der Waals surface area (Å²) in [5.74, 6) is 1.53. The number of anilines is 1. The molecule has 0 fully saturated rings. The van der Waals surface area contributed by atoms with Gasteiger partial charge in [0.15, 0.2) is 10.8 Å². The number of benzene rings is 1. The average Bonchev–Trinajstić information content (AvgIpc) is 2.87. The summed E-state index contributed by atoms with van der Waals surface area (Å²) >= 11 is 5.00. The van der Waals surface area contributed by atoms with Gasteiger partial charge in [-0.3, -0.25) is 0 Å². The van der Waals surface area contributed by atoms with Gasteiger partial charge in [-0.1, -0.05) is 30.8 Å². The zero-order chi connectivity index (χ0) is 18.9. The Kier molecular flexibility index (Phi) is 5.51. The normalized spacial score (nSPS) is 11.8. The van der Waals surface area contributed by atoms with Crippen LogP contribution in [0.15, 0.2) is 38.9 Å². The van der Waals surface area contributed by atoms with Crippen LogP contribution in [0.1, 0.15) is 12.5 Å². The van der Waals surface area contributed by atoms with Crippen LogP contribution in [-0.4, -0.2) is 33.9 Å². The number of nitrogens with zero attached hydrogens (tertiary/aromatic N) is 4. The van der Waals surface area contributed by atoms with Crippen molar-refractivity contribution < 1.29 is 8.42 Å². The van der Waals surface area contributed by atoms with E-state index in [0.717, 1.165) is 22.3 Å². The molecule has 0 spiro atoms. The van der Waals surface area contributed by atoms with Crippen molar-refractivity contribution in [3.8, 4) is 0 Å². The second kappa shape index (κ2) is 7.51. The summed E-state index contributed by atoms with van der Waals surface area (Å²) in [6, 6.07) is 6.40. The molecule has 11 heteroatoms. The van der Waals surface area contributed by atoms with Crippen LogP contribution in [0.3, 0.4) is 0 Å². The summed E-state index contributed by atoms with van der Waals surface area (Å²) in [4.78, 5) is 9.21. The fraction of sp³-hybridized carbons (Fsp3) is 0.267. The summed E-state index contributed by atoms with van der Waals surface area (Å²) in [5, 5.41) is 14.2. The summed E-state index contributed by atoms with van der Waals surface area (Å²) < 4.78 is 25.0. The number of halogens is 1. The number of aromatic nitrogens is 4. The monoisotopic (exact) mass is 456 g/mol. The van der Waals surface area contributed by atoms with Crippen LogP contribution in [0.25, 0.3) is 11.0 Å². The number of sulfonamides is 1. The largest absolute Gasteiger partial charge is 0.365 e. The molecule has 0 unspecified atom stereocenters. The second-order valence-electron chi connectivity index (χ2n) is 5.44. The van der Waals surface area contributed by atoms with Crippen LogP contribution in [0.2, 0.25) is 0 Å². The minimum atomic E-state index is -3.69. The van der Waals surface area contributed by atoms with Gasteiger partial charge < -0.3 is 5.32 Å². The summed E-state index contributed by atoms with van der Waals surface area (Å²) in [5.41, 5.74) is 1.63. The number of fused-ring (bicyclic) bond motifs is 1. The van der Waals surface area contributed by atoms with Gasteiger partial charge in [-0.2, -0.15) is 5.10 Å². The van der Waals surface area contributed by atoms with Crippen LogP contribution >= 0.6 is 27.7 Å². The van der Waals surface area contributed by atoms with E-state index in [-0.39, 0.29) is 4.90 Å². The maximum absolute atomic E-state index is 11.3. The van der Waals surface area contributed by atoms with Crippen molar-refractivity contribution >= 4 is 54.6 Å².